The average Bonchev–Trinajstić information content (AvgIpc) is 2.88. The molecule has 0 aromatic carbocycles. The SMILES string of the molecule is CC(C)(C(=O)N1CCC(CCO)C1)N1CCCCC1. The van der Waals surface area contributed by atoms with Crippen molar-refractivity contribution >= 4 is 5.91 Å². The van der Waals surface area contributed by atoms with Crippen molar-refractivity contribution in [2.24, 2.45) is 5.92 Å². The van der Waals surface area contributed by atoms with Gasteiger partial charge in [0.15, 0.2) is 0 Å². The fraction of sp³-hybridized carbons (Fsp3) is 0.933. The summed E-state index contributed by atoms with van der Waals surface area (Å²) in [5.74, 6) is 0.765. The molecule has 110 valence electrons. The minimum Gasteiger partial charge on any atom is -0.396 e. The van der Waals surface area contributed by atoms with Crippen molar-refractivity contribution in [3.63, 3.8) is 0 Å². The van der Waals surface area contributed by atoms with Crippen molar-refractivity contribution in [2.75, 3.05) is 32.8 Å². The van der Waals surface area contributed by atoms with Crippen LogP contribution in [-0.4, -0.2) is 59.1 Å². The molecule has 0 saturated carbocycles. The molecule has 4 nitrogen and oxygen atoms in total. The Bertz CT molecular complexity index is 311. The van der Waals surface area contributed by atoms with E-state index in [9.17, 15) is 4.79 Å². The molecule has 1 amide bonds. The van der Waals surface area contributed by atoms with Crippen LogP contribution in [0.2, 0.25) is 0 Å². The van der Waals surface area contributed by atoms with Gasteiger partial charge in [-0.1, -0.05) is 6.42 Å². The first-order chi connectivity index (χ1) is 9.05. The summed E-state index contributed by atoms with van der Waals surface area (Å²) in [5.41, 5.74) is -0.367. The van der Waals surface area contributed by atoms with Crippen LogP contribution >= 0.6 is 0 Å². The number of hydrogen-bond donors (Lipinski definition) is 1. The number of piperidine rings is 1. The van der Waals surface area contributed by atoms with Gasteiger partial charge in [0.05, 0.1) is 5.54 Å². The van der Waals surface area contributed by atoms with Crippen molar-refractivity contribution in [1.82, 2.24) is 9.80 Å². The maximum absolute atomic E-state index is 12.7. The van der Waals surface area contributed by atoms with Crippen LogP contribution in [0.1, 0.15) is 46.0 Å². The van der Waals surface area contributed by atoms with Gasteiger partial charge in [-0.15, -0.1) is 0 Å². The summed E-state index contributed by atoms with van der Waals surface area (Å²) in [6.07, 6.45) is 5.59. The Morgan fingerprint density at radius 1 is 1.21 bits per heavy atom. The van der Waals surface area contributed by atoms with E-state index in [4.69, 9.17) is 5.11 Å². The van der Waals surface area contributed by atoms with Gasteiger partial charge in [-0.3, -0.25) is 9.69 Å². The number of likely N-dealkylation sites (tertiary alicyclic amines) is 2. The lowest BCUT2D eigenvalue weighted by Gasteiger charge is -2.41. The maximum Gasteiger partial charge on any atom is 0.242 e. The number of carbonyl (C=O) groups is 1. The Morgan fingerprint density at radius 3 is 2.53 bits per heavy atom. The van der Waals surface area contributed by atoms with Crippen LogP contribution in [-0.2, 0) is 4.79 Å². The highest BCUT2D eigenvalue weighted by atomic mass is 16.3. The minimum atomic E-state index is -0.367. The third kappa shape index (κ3) is 3.29. The Morgan fingerprint density at radius 2 is 1.89 bits per heavy atom. The van der Waals surface area contributed by atoms with Crippen LogP contribution in [0.4, 0.5) is 0 Å². The number of rotatable bonds is 4. The number of hydrogen-bond acceptors (Lipinski definition) is 3. The number of amides is 1. The first-order valence-corrected chi connectivity index (χ1v) is 7.71. The fourth-order valence-corrected chi connectivity index (χ4v) is 3.41. The summed E-state index contributed by atoms with van der Waals surface area (Å²) in [5, 5.41) is 9.00. The Kier molecular flexibility index (Phi) is 4.85. The molecule has 2 fully saturated rings. The van der Waals surface area contributed by atoms with E-state index in [1.807, 2.05) is 4.90 Å². The molecule has 0 spiro atoms. The molecule has 0 aromatic heterocycles. The third-order valence-electron chi connectivity index (χ3n) is 4.78. The summed E-state index contributed by atoms with van der Waals surface area (Å²) in [4.78, 5) is 17.1. The predicted octanol–water partition coefficient (Wildman–Crippen LogP) is 1.48. The lowest BCUT2D eigenvalue weighted by atomic mass is 9.97. The van der Waals surface area contributed by atoms with Crippen molar-refractivity contribution in [3.05, 3.63) is 0 Å². The second-order valence-corrected chi connectivity index (χ2v) is 6.52. The molecule has 0 aromatic rings. The summed E-state index contributed by atoms with van der Waals surface area (Å²) < 4.78 is 0. The standard InChI is InChI=1S/C15H28N2O2/c1-15(2,17-8-4-3-5-9-17)14(19)16-10-6-13(12-16)7-11-18/h13,18H,3-12H2,1-2H3. The zero-order valence-electron chi connectivity index (χ0n) is 12.4. The topological polar surface area (TPSA) is 43.8 Å². The second-order valence-electron chi connectivity index (χ2n) is 6.52. The molecule has 2 rings (SSSR count). The number of aliphatic hydroxyl groups excluding tert-OH is 1. The Hall–Kier alpha value is -0.610. The molecule has 2 aliphatic rings. The highest BCUT2D eigenvalue weighted by molar-refractivity contribution is 5.85. The number of nitrogens with zero attached hydrogens (tertiary/aromatic N) is 2. The minimum absolute atomic E-state index is 0.238. The van der Waals surface area contributed by atoms with Gasteiger partial charge in [0.1, 0.15) is 0 Å². The molecule has 4 heteroatoms. The molecule has 0 bridgehead atoms. The molecular weight excluding hydrogens is 240 g/mol. The van der Waals surface area contributed by atoms with Crippen LogP contribution in [0, 0.1) is 5.92 Å². The van der Waals surface area contributed by atoms with Gasteiger partial charge < -0.3 is 10.0 Å². The van der Waals surface area contributed by atoms with E-state index in [0.717, 1.165) is 39.0 Å². The molecule has 2 saturated heterocycles. The highest BCUT2D eigenvalue weighted by Gasteiger charge is 2.40. The zero-order valence-corrected chi connectivity index (χ0v) is 12.4. The van der Waals surface area contributed by atoms with E-state index >= 15 is 0 Å². The van der Waals surface area contributed by atoms with E-state index in [-0.39, 0.29) is 18.1 Å². The van der Waals surface area contributed by atoms with E-state index < -0.39 is 0 Å². The smallest absolute Gasteiger partial charge is 0.242 e. The molecular formula is C15H28N2O2. The Balaban J connectivity index is 1.94. The molecule has 0 aliphatic carbocycles. The first kappa shape index (κ1) is 14.8. The van der Waals surface area contributed by atoms with Gasteiger partial charge in [0.25, 0.3) is 0 Å². The predicted molar refractivity (Wildman–Crippen MR) is 75.9 cm³/mol. The van der Waals surface area contributed by atoms with E-state index in [2.05, 4.69) is 18.7 Å². The fourth-order valence-electron chi connectivity index (χ4n) is 3.41. The molecule has 1 atom stereocenters. The summed E-state index contributed by atoms with van der Waals surface area (Å²) in [7, 11) is 0. The zero-order chi connectivity index (χ0) is 13.9. The Labute approximate surface area is 116 Å². The average molecular weight is 268 g/mol. The molecule has 2 heterocycles. The highest BCUT2D eigenvalue weighted by Crippen LogP contribution is 2.27. The summed E-state index contributed by atoms with van der Waals surface area (Å²) in [6.45, 7) is 8.17. The monoisotopic (exact) mass is 268 g/mol. The number of carbonyl (C=O) groups excluding carboxylic acids is 1. The van der Waals surface area contributed by atoms with Gasteiger partial charge in [-0.25, -0.2) is 0 Å². The van der Waals surface area contributed by atoms with Crippen LogP contribution in [0.3, 0.4) is 0 Å². The van der Waals surface area contributed by atoms with E-state index in [1.165, 1.54) is 19.3 Å². The molecule has 19 heavy (non-hydrogen) atoms. The normalized spacial score (nSPS) is 25.8. The summed E-state index contributed by atoms with van der Waals surface area (Å²) >= 11 is 0. The maximum atomic E-state index is 12.7. The lowest BCUT2D eigenvalue weighted by molar-refractivity contribution is -0.142. The quantitative estimate of drug-likeness (QED) is 0.840. The van der Waals surface area contributed by atoms with Crippen LogP contribution < -0.4 is 0 Å². The van der Waals surface area contributed by atoms with Gasteiger partial charge in [0, 0.05) is 19.7 Å². The van der Waals surface area contributed by atoms with Crippen molar-refractivity contribution in [2.45, 2.75) is 51.5 Å². The largest absolute Gasteiger partial charge is 0.396 e. The van der Waals surface area contributed by atoms with Gasteiger partial charge in [0.2, 0.25) is 5.91 Å². The van der Waals surface area contributed by atoms with Crippen molar-refractivity contribution in [1.29, 1.82) is 0 Å². The van der Waals surface area contributed by atoms with E-state index in [1.54, 1.807) is 0 Å². The molecule has 1 unspecified atom stereocenters. The third-order valence-corrected chi connectivity index (χ3v) is 4.78. The van der Waals surface area contributed by atoms with Gasteiger partial charge in [-0.2, -0.15) is 0 Å². The van der Waals surface area contributed by atoms with Crippen LogP contribution in [0.5, 0.6) is 0 Å². The summed E-state index contributed by atoms with van der Waals surface area (Å²) in [6, 6.07) is 0. The van der Waals surface area contributed by atoms with Crippen molar-refractivity contribution in [3.8, 4) is 0 Å². The first-order valence-electron chi connectivity index (χ1n) is 7.71. The number of aliphatic hydroxyl groups is 1. The van der Waals surface area contributed by atoms with Crippen molar-refractivity contribution < 1.29 is 9.90 Å². The van der Waals surface area contributed by atoms with E-state index in [0.29, 0.717) is 5.92 Å². The second kappa shape index (κ2) is 6.23. The lowest BCUT2D eigenvalue weighted by Crippen LogP contribution is -2.57. The molecule has 0 radical (unpaired) electrons. The molecule has 2 aliphatic heterocycles. The van der Waals surface area contributed by atoms with Crippen LogP contribution in [0.15, 0.2) is 0 Å². The van der Waals surface area contributed by atoms with Gasteiger partial charge in [-0.05, 0) is 58.5 Å². The van der Waals surface area contributed by atoms with Crippen LogP contribution in [0.25, 0.3) is 0 Å². The van der Waals surface area contributed by atoms with Gasteiger partial charge >= 0.3 is 0 Å². The molecule has 1 N–H and O–H groups in total.